The molecule has 4 aliphatic rings. The van der Waals surface area contributed by atoms with Gasteiger partial charge in [0.05, 0.1) is 0 Å². The lowest BCUT2D eigenvalue weighted by atomic mass is 9.53. The van der Waals surface area contributed by atoms with Crippen molar-refractivity contribution in [3.63, 3.8) is 0 Å². The van der Waals surface area contributed by atoms with Crippen LogP contribution in [0.1, 0.15) is 121 Å². The lowest BCUT2D eigenvalue weighted by Crippen LogP contribution is -2.65. The number of benzene rings is 1. The highest BCUT2D eigenvalue weighted by Gasteiger charge is 2.65. The number of likely N-dealkylation sites (N-methyl/N-ethyl adjacent to an activating group) is 1. The Morgan fingerprint density at radius 2 is 1.37 bits per heavy atom. The van der Waals surface area contributed by atoms with Gasteiger partial charge in [0.15, 0.2) is 17.6 Å². The van der Waals surface area contributed by atoms with E-state index in [1.165, 1.54) is 57.9 Å². The molecule has 1 aromatic carbocycles. The van der Waals surface area contributed by atoms with E-state index in [-0.39, 0.29) is 42.2 Å². The second-order valence-electron chi connectivity index (χ2n) is 14.2. The second kappa shape index (κ2) is 21.1. The lowest BCUT2D eigenvalue weighted by Gasteiger charge is -2.56. The number of likely N-dealkylation sites (tertiary alicyclic amines) is 1. The van der Waals surface area contributed by atoms with Crippen LogP contribution in [0.5, 0.6) is 11.5 Å². The molecule has 6 N–H and O–H groups in total. The number of carbonyl (C=O) groups is 4. The van der Waals surface area contributed by atoms with E-state index in [1.807, 2.05) is 12.1 Å². The molecule has 2 heterocycles. The SMILES string of the molecule is CC(=O)Oc1ccc2c3c1O[C@H]1[C@@H](OC(C)=O)C=C[C@H]4[C@@H](C2)N(C)CC[C@@]341.NCCCCCCCCN.O=C(O)CCCCCCCCC(=O)O. The molecule has 12 nitrogen and oxygen atoms in total. The largest absolute Gasteiger partial charge is 0.481 e. The summed E-state index contributed by atoms with van der Waals surface area (Å²) in [5, 5.41) is 16.7. The first-order valence-corrected chi connectivity index (χ1v) is 18.9. The van der Waals surface area contributed by atoms with E-state index in [0.717, 1.165) is 76.6 Å². The number of aliphatic carboxylic acids is 2. The van der Waals surface area contributed by atoms with Crippen LogP contribution in [0, 0.1) is 5.92 Å². The van der Waals surface area contributed by atoms with Gasteiger partial charge in [0.25, 0.3) is 0 Å². The summed E-state index contributed by atoms with van der Waals surface area (Å²) in [6.07, 6.45) is 18.7. The molecule has 1 spiro atoms. The Balaban J connectivity index is 0.000000247. The van der Waals surface area contributed by atoms with Crippen molar-refractivity contribution < 1.29 is 43.6 Å². The Hall–Kier alpha value is -3.48. The summed E-state index contributed by atoms with van der Waals surface area (Å²) in [7, 11) is 2.17. The smallest absolute Gasteiger partial charge is 0.308 e. The Morgan fingerprint density at radius 3 is 1.88 bits per heavy atom. The molecule has 0 amide bonds. The first-order chi connectivity index (χ1) is 24.5. The van der Waals surface area contributed by atoms with Crippen LogP contribution in [-0.4, -0.2) is 83.9 Å². The van der Waals surface area contributed by atoms with Crippen molar-refractivity contribution in [2.45, 2.75) is 140 Å². The molecule has 12 heteroatoms. The Bertz CT molecular complexity index is 1310. The molecular formula is C39H61N3O9. The first kappa shape index (κ1) is 41.9. The average molecular weight is 716 g/mol. The van der Waals surface area contributed by atoms with Crippen molar-refractivity contribution in [3.05, 3.63) is 35.4 Å². The van der Waals surface area contributed by atoms with Crippen LogP contribution in [0.3, 0.4) is 0 Å². The van der Waals surface area contributed by atoms with Gasteiger partial charge in [-0.1, -0.05) is 63.5 Å². The molecule has 2 aliphatic carbocycles. The molecule has 0 unspecified atom stereocenters. The van der Waals surface area contributed by atoms with Gasteiger partial charge < -0.3 is 40.8 Å². The van der Waals surface area contributed by atoms with Gasteiger partial charge in [0.2, 0.25) is 0 Å². The normalized spacial score (nSPS) is 23.4. The topological polar surface area (TPSA) is 192 Å². The van der Waals surface area contributed by atoms with Crippen molar-refractivity contribution in [1.29, 1.82) is 0 Å². The molecule has 0 radical (unpaired) electrons. The number of esters is 2. The van der Waals surface area contributed by atoms with Gasteiger partial charge in [-0.2, -0.15) is 0 Å². The number of rotatable bonds is 18. The molecule has 0 aromatic heterocycles. The highest BCUT2D eigenvalue weighted by molar-refractivity contribution is 5.73. The minimum absolute atomic E-state index is 0.245. The number of hydrogen-bond donors (Lipinski definition) is 4. The predicted octanol–water partition coefficient (Wildman–Crippen LogP) is 5.51. The summed E-state index contributed by atoms with van der Waals surface area (Å²) in [4.78, 5) is 46.0. The number of nitrogens with zero attached hydrogens (tertiary/aromatic N) is 1. The second-order valence-corrected chi connectivity index (χ2v) is 14.2. The Morgan fingerprint density at radius 1 is 0.824 bits per heavy atom. The van der Waals surface area contributed by atoms with E-state index in [1.54, 1.807) is 0 Å². The fourth-order valence-corrected chi connectivity index (χ4v) is 7.99. The number of carboxylic acids is 2. The quantitative estimate of drug-likeness (QED) is 0.0646. The van der Waals surface area contributed by atoms with Crippen LogP contribution in [0.15, 0.2) is 24.3 Å². The third kappa shape index (κ3) is 11.8. The molecule has 51 heavy (non-hydrogen) atoms. The predicted molar refractivity (Wildman–Crippen MR) is 195 cm³/mol. The Labute approximate surface area is 303 Å². The summed E-state index contributed by atoms with van der Waals surface area (Å²) in [6, 6.07) is 4.28. The van der Waals surface area contributed by atoms with Gasteiger partial charge in [0, 0.05) is 49.6 Å². The van der Waals surface area contributed by atoms with Gasteiger partial charge in [-0.05, 0) is 82.9 Å². The molecule has 1 saturated heterocycles. The number of hydrogen-bond acceptors (Lipinski definition) is 10. The highest BCUT2D eigenvalue weighted by atomic mass is 16.6. The van der Waals surface area contributed by atoms with Crippen molar-refractivity contribution in [2.24, 2.45) is 17.4 Å². The maximum absolute atomic E-state index is 11.7. The first-order valence-electron chi connectivity index (χ1n) is 18.9. The van der Waals surface area contributed by atoms with Crippen LogP contribution in [0.25, 0.3) is 0 Å². The maximum atomic E-state index is 11.7. The highest BCUT2D eigenvalue weighted by Crippen LogP contribution is 2.62. The maximum Gasteiger partial charge on any atom is 0.308 e. The monoisotopic (exact) mass is 715 g/mol. The third-order valence-electron chi connectivity index (χ3n) is 10.4. The molecule has 5 rings (SSSR count). The van der Waals surface area contributed by atoms with Gasteiger partial charge in [0.1, 0.15) is 6.10 Å². The molecule has 1 aromatic rings. The summed E-state index contributed by atoms with van der Waals surface area (Å²) in [5.74, 6) is -0.768. The third-order valence-corrected chi connectivity index (χ3v) is 10.4. The average Bonchev–Trinajstić information content (AvgIpc) is 3.43. The van der Waals surface area contributed by atoms with E-state index in [2.05, 4.69) is 24.1 Å². The molecule has 5 atom stereocenters. The standard InChI is InChI=1S/C21H23NO5.C10H18O4.C8H20N2/c1-11(23)25-16-6-4-13-10-15-14-5-7-17(26-12(2)24)20-21(14,8-9-22(15)3)18(13)19(16)27-20;11-9(12)7-5-3-1-2-4-6-8-10(13)14;9-7-5-3-1-2-4-6-8-10/h4-7,14-15,17,20H,8-10H2,1-3H3;1-8H2,(H,11,12)(H,13,14);1-10H2/t14-,15+,17-,20-,21-;;/m0../s1. The number of nitrogens with two attached hydrogens (primary N) is 2. The number of carboxylic acid groups (broad SMARTS) is 2. The number of unbranched alkanes of at least 4 members (excludes halogenated alkanes) is 10. The minimum atomic E-state index is -0.740. The van der Waals surface area contributed by atoms with Crippen LogP contribution in [-0.2, 0) is 35.8 Å². The summed E-state index contributed by atoms with van der Waals surface area (Å²) < 4.78 is 17.5. The van der Waals surface area contributed by atoms with E-state index in [4.69, 9.17) is 35.9 Å². The fourth-order valence-electron chi connectivity index (χ4n) is 7.99. The van der Waals surface area contributed by atoms with E-state index >= 15 is 0 Å². The van der Waals surface area contributed by atoms with Crippen LogP contribution < -0.4 is 20.9 Å². The molecule has 286 valence electrons. The van der Waals surface area contributed by atoms with Gasteiger partial charge in [-0.25, -0.2) is 0 Å². The summed E-state index contributed by atoms with van der Waals surface area (Å²) >= 11 is 0. The molecular weight excluding hydrogens is 654 g/mol. The van der Waals surface area contributed by atoms with Gasteiger partial charge in [-0.3, -0.25) is 19.2 Å². The van der Waals surface area contributed by atoms with Gasteiger partial charge in [-0.15, -0.1) is 0 Å². The summed E-state index contributed by atoms with van der Waals surface area (Å²) in [5.41, 5.74) is 12.9. The van der Waals surface area contributed by atoms with Gasteiger partial charge >= 0.3 is 23.9 Å². The van der Waals surface area contributed by atoms with Crippen molar-refractivity contribution in [2.75, 3.05) is 26.7 Å². The van der Waals surface area contributed by atoms with Crippen molar-refractivity contribution in [1.82, 2.24) is 4.90 Å². The number of piperidine rings is 1. The van der Waals surface area contributed by atoms with Crippen LogP contribution in [0.4, 0.5) is 0 Å². The van der Waals surface area contributed by atoms with Crippen LogP contribution in [0.2, 0.25) is 0 Å². The van der Waals surface area contributed by atoms with E-state index in [9.17, 15) is 19.2 Å². The molecule has 2 bridgehead atoms. The van der Waals surface area contributed by atoms with E-state index < -0.39 is 18.0 Å². The summed E-state index contributed by atoms with van der Waals surface area (Å²) in [6.45, 7) is 5.46. The zero-order valence-electron chi connectivity index (χ0n) is 30.9. The molecule has 0 saturated carbocycles. The zero-order chi connectivity index (χ0) is 37.4. The van der Waals surface area contributed by atoms with Crippen molar-refractivity contribution in [3.8, 4) is 11.5 Å². The number of carbonyl (C=O) groups excluding carboxylic acids is 2. The molecule has 2 aliphatic heterocycles. The molecule has 1 fully saturated rings. The zero-order valence-corrected chi connectivity index (χ0v) is 30.9. The van der Waals surface area contributed by atoms with E-state index in [0.29, 0.717) is 17.5 Å². The lowest BCUT2D eigenvalue weighted by molar-refractivity contribution is -0.152. The Kier molecular flexibility index (Phi) is 17.4. The fraction of sp³-hybridized carbons (Fsp3) is 0.692. The van der Waals surface area contributed by atoms with Crippen LogP contribution >= 0.6 is 0 Å². The number of ether oxygens (including phenoxy) is 3. The minimum Gasteiger partial charge on any atom is -0.481 e. The van der Waals surface area contributed by atoms with Crippen molar-refractivity contribution >= 4 is 23.9 Å².